The predicted molar refractivity (Wildman–Crippen MR) is 50.6 cm³/mol. The van der Waals surface area contributed by atoms with Crippen molar-refractivity contribution in [3.05, 3.63) is 47.7 Å². The molecule has 1 fully saturated rings. The third-order valence-electron chi connectivity index (χ3n) is 2.66. The Morgan fingerprint density at radius 1 is 1.27 bits per heavy atom. The van der Waals surface area contributed by atoms with Gasteiger partial charge >= 0.3 is 5.97 Å². The summed E-state index contributed by atoms with van der Waals surface area (Å²) in [4.78, 5) is 24.4. The van der Waals surface area contributed by atoms with E-state index in [0.29, 0.717) is 5.56 Å². The van der Waals surface area contributed by atoms with Crippen LogP contribution in [0.1, 0.15) is 22.1 Å². The van der Waals surface area contributed by atoms with E-state index in [9.17, 15) is 9.59 Å². The molecule has 2 heterocycles. The number of ether oxygens (including phenoxy) is 1. The Morgan fingerprint density at radius 3 is 2.80 bits per heavy atom. The largest absolute Gasteiger partial charge is 0.432 e. The molecule has 15 heavy (non-hydrogen) atoms. The summed E-state index contributed by atoms with van der Waals surface area (Å²) >= 11 is 0. The SMILES string of the molecule is C=C1C(=O)OC2c3ccccc3C(=O)N12. The molecule has 1 unspecified atom stereocenters. The fraction of sp³-hybridized carbons (Fsp3) is 0.0909. The second kappa shape index (κ2) is 2.48. The quantitative estimate of drug-likeness (QED) is 0.468. The molecule has 1 saturated heterocycles. The van der Waals surface area contributed by atoms with Crippen LogP contribution >= 0.6 is 0 Å². The number of hydrogen-bond acceptors (Lipinski definition) is 3. The molecule has 4 nitrogen and oxygen atoms in total. The van der Waals surface area contributed by atoms with E-state index >= 15 is 0 Å². The Labute approximate surface area is 85.8 Å². The third kappa shape index (κ3) is 0.857. The Kier molecular flexibility index (Phi) is 1.36. The van der Waals surface area contributed by atoms with Crippen molar-refractivity contribution in [3.8, 4) is 0 Å². The van der Waals surface area contributed by atoms with Crippen molar-refractivity contribution in [1.82, 2.24) is 4.90 Å². The number of benzene rings is 1. The Hall–Kier alpha value is -2.10. The van der Waals surface area contributed by atoms with Gasteiger partial charge < -0.3 is 4.74 Å². The van der Waals surface area contributed by atoms with E-state index in [2.05, 4.69) is 6.58 Å². The van der Waals surface area contributed by atoms with Crippen LogP contribution < -0.4 is 0 Å². The van der Waals surface area contributed by atoms with Crippen LogP contribution in [-0.2, 0) is 9.53 Å². The first kappa shape index (κ1) is 8.23. The number of rotatable bonds is 0. The van der Waals surface area contributed by atoms with Gasteiger partial charge in [-0.2, -0.15) is 0 Å². The van der Waals surface area contributed by atoms with Gasteiger partial charge in [-0.25, -0.2) is 4.79 Å². The Morgan fingerprint density at radius 2 is 2.00 bits per heavy atom. The number of carbonyl (C=O) groups excluding carboxylic acids is 2. The lowest BCUT2D eigenvalue weighted by Gasteiger charge is -2.11. The summed E-state index contributed by atoms with van der Waals surface area (Å²) in [5.74, 6) is -0.741. The van der Waals surface area contributed by atoms with E-state index in [1.54, 1.807) is 18.2 Å². The second-order valence-corrected chi connectivity index (χ2v) is 3.47. The lowest BCUT2D eigenvalue weighted by atomic mass is 10.1. The highest BCUT2D eigenvalue weighted by Gasteiger charge is 2.47. The highest BCUT2D eigenvalue weighted by atomic mass is 16.6. The molecule has 0 N–H and O–H groups in total. The molecule has 0 bridgehead atoms. The summed E-state index contributed by atoms with van der Waals surface area (Å²) in [6.45, 7) is 3.54. The van der Waals surface area contributed by atoms with Crippen molar-refractivity contribution in [3.63, 3.8) is 0 Å². The summed E-state index contributed by atoms with van der Waals surface area (Å²) in [7, 11) is 0. The van der Waals surface area contributed by atoms with Crippen LogP contribution in [0.2, 0.25) is 0 Å². The van der Waals surface area contributed by atoms with Gasteiger partial charge in [-0.3, -0.25) is 9.69 Å². The van der Waals surface area contributed by atoms with E-state index in [0.717, 1.165) is 5.56 Å². The molecule has 0 aromatic heterocycles. The molecule has 0 aliphatic carbocycles. The number of nitrogens with zero attached hydrogens (tertiary/aromatic N) is 1. The standard InChI is InChI=1S/C11H7NO3/c1-6-11(14)15-10-8-5-3-2-4-7(8)9(13)12(6)10/h2-5,10H,1H2. The molecule has 2 aliphatic heterocycles. The smallest absolute Gasteiger partial charge is 0.356 e. The summed E-state index contributed by atoms with van der Waals surface area (Å²) in [6.07, 6.45) is -0.603. The number of carbonyl (C=O) groups is 2. The summed E-state index contributed by atoms with van der Waals surface area (Å²) in [5, 5.41) is 0. The van der Waals surface area contributed by atoms with Crippen molar-refractivity contribution < 1.29 is 14.3 Å². The molecule has 1 aromatic rings. The van der Waals surface area contributed by atoms with Crippen molar-refractivity contribution in [2.24, 2.45) is 0 Å². The molecule has 0 saturated carbocycles. The van der Waals surface area contributed by atoms with Crippen LogP contribution in [-0.4, -0.2) is 16.8 Å². The van der Waals surface area contributed by atoms with Crippen LogP contribution in [0.15, 0.2) is 36.5 Å². The number of esters is 1. The molecule has 1 aromatic carbocycles. The van der Waals surface area contributed by atoms with E-state index in [1.807, 2.05) is 6.07 Å². The van der Waals surface area contributed by atoms with Crippen LogP contribution in [0, 0.1) is 0 Å². The van der Waals surface area contributed by atoms with Gasteiger partial charge in [-0.1, -0.05) is 24.8 Å². The molecule has 74 valence electrons. The molecule has 3 rings (SSSR count). The van der Waals surface area contributed by atoms with Crippen molar-refractivity contribution in [2.45, 2.75) is 6.23 Å². The summed E-state index contributed by atoms with van der Waals surface area (Å²) in [6, 6.07) is 7.09. The fourth-order valence-corrected chi connectivity index (χ4v) is 1.93. The van der Waals surface area contributed by atoms with Gasteiger partial charge in [0.1, 0.15) is 5.70 Å². The average Bonchev–Trinajstić information content (AvgIpc) is 2.68. The van der Waals surface area contributed by atoms with Gasteiger partial charge in [-0.15, -0.1) is 0 Å². The van der Waals surface area contributed by atoms with Crippen LogP contribution in [0.4, 0.5) is 0 Å². The zero-order valence-corrected chi connectivity index (χ0v) is 7.77. The highest BCUT2D eigenvalue weighted by molar-refractivity contribution is 6.06. The van der Waals surface area contributed by atoms with E-state index in [4.69, 9.17) is 4.74 Å². The number of fused-ring (bicyclic) bond motifs is 3. The zero-order chi connectivity index (χ0) is 10.6. The molecule has 0 radical (unpaired) electrons. The van der Waals surface area contributed by atoms with E-state index in [-0.39, 0.29) is 11.6 Å². The molecule has 1 atom stereocenters. The van der Waals surface area contributed by atoms with Gasteiger partial charge in [0.25, 0.3) is 5.91 Å². The molecule has 1 amide bonds. The lowest BCUT2D eigenvalue weighted by Crippen LogP contribution is -2.21. The summed E-state index contributed by atoms with van der Waals surface area (Å²) < 4.78 is 5.06. The van der Waals surface area contributed by atoms with Crippen LogP contribution in [0.25, 0.3) is 0 Å². The van der Waals surface area contributed by atoms with Crippen LogP contribution in [0.5, 0.6) is 0 Å². The third-order valence-corrected chi connectivity index (χ3v) is 2.66. The first-order valence-corrected chi connectivity index (χ1v) is 4.52. The van der Waals surface area contributed by atoms with E-state index in [1.165, 1.54) is 4.90 Å². The number of hydrogen-bond donors (Lipinski definition) is 0. The normalized spacial score (nSPS) is 22.8. The minimum atomic E-state index is -0.603. The molecule has 0 spiro atoms. The van der Waals surface area contributed by atoms with Crippen molar-refractivity contribution in [2.75, 3.05) is 0 Å². The minimum absolute atomic E-state index is 0.112. The maximum Gasteiger partial charge on any atom is 0.356 e. The van der Waals surface area contributed by atoms with Crippen molar-refractivity contribution in [1.29, 1.82) is 0 Å². The number of amides is 1. The predicted octanol–water partition coefficient (Wildman–Crippen LogP) is 1.21. The minimum Gasteiger partial charge on any atom is -0.432 e. The monoisotopic (exact) mass is 201 g/mol. The zero-order valence-electron chi connectivity index (χ0n) is 7.77. The molecular weight excluding hydrogens is 194 g/mol. The second-order valence-electron chi connectivity index (χ2n) is 3.47. The topological polar surface area (TPSA) is 46.6 Å². The van der Waals surface area contributed by atoms with Gasteiger partial charge in [0, 0.05) is 11.1 Å². The Bertz CT molecular complexity index is 506. The summed E-state index contributed by atoms with van der Waals surface area (Å²) in [5.41, 5.74) is 1.42. The van der Waals surface area contributed by atoms with Gasteiger partial charge in [0.15, 0.2) is 0 Å². The molecular formula is C11H7NO3. The van der Waals surface area contributed by atoms with Gasteiger partial charge in [0.2, 0.25) is 6.23 Å². The Balaban J connectivity index is 2.20. The molecule has 2 aliphatic rings. The van der Waals surface area contributed by atoms with Gasteiger partial charge in [-0.05, 0) is 6.07 Å². The first-order valence-electron chi connectivity index (χ1n) is 4.52. The first-order chi connectivity index (χ1) is 7.20. The highest BCUT2D eigenvalue weighted by Crippen LogP contribution is 2.41. The van der Waals surface area contributed by atoms with E-state index < -0.39 is 12.2 Å². The fourth-order valence-electron chi connectivity index (χ4n) is 1.93. The van der Waals surface area contributed by atoms with Gasteiger partial charge in [0.05, 0.1) is 0 Å². The average molecular weight is 201 g/mol. The molecule has 4 heteroatoms. The maximum absolute atomic E-state index is 11.9. The van der Waals surface area contributed by atoms with Crippen molar-refractivity contribution >= 4 is 11.9 Å². The lowest BCUT2D eigenvalue weighted by molar-refractivity contribution is -0.139. The maximum atomic E-state index is 11.9. The van der Waals surface area contributed by atoms with Crippen LogP contribution in [0.3, 0.4) is 0 Å².